The summed E-state index contributed by atoms with van der Waals surface area (Å²) in [4.78, 5) is 14.4. The molecule has 1 fully saturated rings. The van der Waals surface area contributed by atoms with Gasteiger partial charge in [-0.15, -0.1) is 0 Å². The van der Waals surface area contributed by atoms with Gasteiger partial charge >= 0.3 is 0 Å². The standard InChI is InChI=1S/C18H26N2O4S/c1-13(2)24-11-3-9-19-25(22,23)16-6-7-17-15(12-16)8-10-20(17)18(21)14-4-5-14/h6-7,12-14,19H,3-5,8-11H2,1-2H3. The van der Waals surface area contributed by atoms with Gasteiger partial charge in [-0.3, -0.25) is 4.79 Å². The summed E-state index contributed by atoms with van der Waals surface area (Å²) in [5.41, 5.74) is 1.79. The van der Waals surface area contributed by atoms with E-state index in [-0.39, 0.29) is 22.8 Å². The van der Waals surface area contributed by atoms with E-state index in [0.29, 0.717) is 32.5 Å². The van der Waals surface area contributed by atoms with Gasteiger partial charge in [0.25, 0.3) is 0 Å². The van der Waals surface area contributed by atoms with E-state index in [4.69, 9.17) is 4.74 Å². The van der Waals surface area contributed by atoms with E-state index in [1.54, 1.807) is 23.1 Å². The van der Waals surface area contributed by atoms with Crippen LogP contribution in [0.2, 0.25) is 0 Å². The second kappa shape index (κ2) is 7.43. The van der Waals surface area contributed by atoms with Crippen molar-refractivity contribution >= 4 is 21.6 Å². The van der Waals surface area contributed by atoms with E-state index in [1.807, 2.05) is 13.8 Å². The van der Waals surface area contributed by atoms with Crippen molar-refractivity contribution in [1.82, 2.24) is 4.72 Å². The first-order chi connectivity index (χ1) is 11.9. The molecule has 25 heavy (non-hydrogen) atoms. The number of hydrogen-bond donors (Lipinski definition) is 1. The minimum Gasteiger partial charge on any atom is -0.379 e. The molecule has 1 amide bonds. The number of hydrogen-bond acceptors (Lipinski definition) is 4. The second-order valence-electron chi connectivity index (χ2n) is 6.98. The van der Waals surface area contributed by atoms with Crippen molar-refractivity contribution in [1.29, 1.82) is 0 Å². The highest BCUT2D eigenvalue weighted by atomic mass is 32.2. The molecule has 0 radical (unpaired) electrons. The van der Waals surface area contributed by atoms with Gasteiger partial charge < -0.3 is 9.64 Å². The molecule has 7 heteroatoms. The Morgan fingerprint density at radius 3 is 2.80 bits per heavy atom. The number of ether oxygens (including phenoxy) is 1. The van der Waals surface area contributed by atoms with Crippen LogP contribution in [0, 0.1) is 5.92 Å². The highest BCUT2D eigenvalue weighted by Gasteiger charge is 2.36. The van der Waals surface area contributed by atoms with Crippen LogP contribution in [-0.2, 0) is 26.0 Å². The minimum atomic E-state index is -3.53. The maximum Gasteiger partial charge on any atom is 0.240 e. The van der Waals surface area contributed by atoms with Crippen molar-refractivity contribution in [3.8, 4) is 0 Å². The van der Waals surface area contributed by atoms with Crippen molar-refractivity contribution < 1.29 is 17.9 Å². The number of anilines is 1. The Labute approximate surface area is 149 Å². The van der Waals surface area contributed by atoms with E-state index >= 15 is 0 Å². The average molecular weight is 366 g/mol. The number of benzene rings is 1. The lowest BCUT2D eigenvalue weighted by molar-refractivity contribution is -0.119. The lowest BCUT2D eigenvalue weighted by atomic mass is 10.2. The molecule has 1 aliphatic heterocycles. The van der Waals surface area contributed by atoms with Gasteiger partial charge in [-0.1, -0.05) is 0 Å². The third kappa shape index (κ3) is 4.40. The first kappa shape index (κ1) is 18.4. The highest BCUT2D eigenvalue weighted by Crippen LogP contribution is 2.37. The number of sulfonamides is 1. The Hall–Kier alpha value is -1.44. The summed E-state index contributed by atoms with van der Waals surface area (Å²) in [6.45, 7) is 5.42. The number of carbonyl (C=O) groups excluding carboxylic acids is 1. The molecule has 1 aromatic carbocycles. The predicted molar refractivity (Wildman–Crippen MR) is 96.1 cm³/mol. The summed E-state index contributed by atoms with van der Waals surface area (Å²) in [5, 5.41) is 0. The molecule has 1 aliphatic carbocycles. The predicted octanol–water partition coefficient (Wildman–Crippen LogP) is 2.08. The lowest BCUT2D eigenvalue weighted by Crippen LogP contribution is -2.30. The minimum absolute atomic E-state index is 0.148. The number of amides is 1. The molecule has 1 heterocycles. The molecule has 1 aromatic rings. The molecule has 1 N–H and O–H groups in total. The van der Waals surface area contributed by atoms with Gasteiger partial charge in [0.05, 0.1) is 11.0 Å². The van der Waals surface area contributed by atoms with Crippen LogP contribution >= 0.6 is 0 Å². The van der Waals surface area contributed by atoms with Gasteiger partial charge in [-0.05, 0) is 63.3 Å². The topological polar surface area (TPSA) is 75.7 Å². The molecule has 0 spiro atoms. The highest BCUT2D eigenvalue weighted by molar-refractivity contribution is 7.89. The Morgan fingerprint density at radius 2 is 2.12 bits per heavy atom. The second-order valence-corrected chi connectivity index (χ2v) is 8.74. The smallest absolute Gasteiger partial charge is 0.240 e. The normalized spacial score (nSPS) is 17.2. The molecule has 0 atom stereocenters. The summed E-state index contributed by atoms with van der Waals surface area (Å²) >= 11 is 0. The summed E-state index contributed by atoms with van der Waals surface area (Å²) in [7, 11) is -3.53. The lowest BCUT2D eigenvalue weighted by Gasteiger charge is -2.17. The van der Waals surface area contributed by atoms with E-state index < -0.39 is 10.0 Å². The van der Waals surface area contributed by atoms with Crippen LogP contribution in [0.5, 0.6) is 0 Å². The van der Waals surface area contributed by atoms with Crippen LogP contribution < -0.4 is 9.62 Å². The third-order valence-electron chi connectivity index (χ3n) is 4.51. The van der Waals surface area contributed by atoms with E-state index in [2.05, 4.69) is 4.72 Å². The Kier molecular flexibility index (Phi) is 5.46. The third-order valence-corrected chi connectivity index (χ3v) is 5.97. The molecule has 1 saturated carbocycles. The maximum absolute atomic E-state index is 12.4. The molecule has 0 aromatic heterocycles. The van der Waals surface area contributed by atoms with Crippen LogP contribution in [0.25, 0.3) is 0 Å². The fourth-order valence-electron chi connectivity index (χ4n) is 3.01. The number of fused-ring (bicyclic) bond motifs is 1. The zero-order chi connectivity index (χ0) is 18.0. The van der Waals surface area contributed by atoms with Crippen molar-refractivity contribution in [3.05, 3.63) is 23.8 Å². The number of carbonyl (C=O) groups is 1. The molecular weight excluding hydrogens is 340 g/mol. The molecular formula is C18H26N2O4S. The number of nitrogens with zero attached hydrogens (tertiary/aromatic N) is 1. The monoisotopic (exact) mass is 366 g/mol. The van der Waals surface area contributed by atoms with Gasteiger partial charge in [0.1, 0.15) is 0 Å². The van der Waals surface area contributed by atoms with Crippen molar-refractivity contribution in [3.63, 3.8) is 0 Å². The van der Waals surface area contributed by atoms with Crippen molar-refractivity contribution in [2.24, 2.45) is 5.92 Å². The van der Waals surface area contributed by atoms with Gasteiger partial charge in [0.15, 0.2) is 0 Å². The summed E-state index contributed by atoms with van der Waals surface area (Å²) in [5.74, 6) is 0.349. The first-order valence-corrected chi connectivity index (χ1v) is 10.4. The Morgan fingerprint density at radius 1 is 1.36 bits per heavy atom. The Bertz CT molecular complexity index is 741. The van der Waals surface area contributed by atoms with E-state index in [9.17, 15) is 13.2 Å². The Balaban J connectivity index is 1.62. The molecule has 3 rings (SSSR count). The average Bonchev–Trinajstić information content (AvgIpc) is 3.32. The van der Waals surface area contributed by atoms with Crippen LogP contribution in [0.4, 0.5) is 5.69 Å². The van der Waals surface area contributed by atoms with Crippen LogP contribution in [0.3, 0.4) is 0 Å². The quantitative estimate of drug-likeness (QED) is 0.715. The van der Waals surface area contributed by atoms with Crippen molar-refractivity contribution in [2.45, 2.75) is 50.5 Å². The zero-order valence-corrected chi connectivity index (χ0v) is 15.6. The van der Waals surface area contributed by atoms with Crippen molar-refractivity contribution in [2.75, 3.05) is 24.6 Å². The fourth-order valence-corrected chi connectivity index (χ4v) is 4.13. The molecule has 138 valence electrons. The SMILES string of the molecule is CC(C)OCCCNS(=O)(=O)c1ccc2c(c1)CCN2C(=O)C1CC1. The van der Waals surface area contributed by atoms with Gasteiger partial charge in [0.2, 0.25) is 15.9 Å². The summed E-state index contributed by atoms with van der Waals surface area (Å²) < 4.78 is 32.9. The largest absolute Gasteiger partial charge is 0.379 e. The molecule has 0 unspecified atom stereocenters. The maximum atomic E-state index is 12.4. The first-order valence-electron chi connectivity index (χ1n) is 8.94. The van der Waals surface area contributed by atoms with Gasteiger partial charge in [-0.25, -0.2) is 13.1 Å². The van der Waals surface area contributed by atoms with Gasteiger partial charge in [0, 0.05) is 31.3 Å². The fraction of sp³-hybridized carbons (Fsp3) is 0.611. The number of rotatable bonds is 8. The van der Waals surface area contributed by atoms with E-state index in [1.165, 1.54) is 0 Å². The summed E-state index contributed by atoms with van der Waals surface area (Å²) in [6, 6.07) is 5.05. The zero-order valence-electron chi connectivity index (χ0n) is 14.8. The van der Waals surface area contributed by atoms with Gasteiger partial charge in [-0.2, -0.15) is 0 Å². The molecule has 0 bridgehead atoms. The van der Waals surface area contributed by atoms with Crippen LogP contribution in [-0.4, -0.2) is 40.1 Å². The molecule has 6 nitrogen and oxygen atoms in total. The number of nitrogens with one attached hydrogen (secondary N) is 1. The molecule has 2 aliphatic rings. The summed E-state index contributed by atoms with van der Waals surface area (Å²) in [6.07, 6.45) is 3.43. The molecule has 0 saturated heterocycles. The van der Waals surface area contributed by atoms with Crippen LogP contribution in [0.1, 0.15) is 38.7 Å². The van der Waals surface area contributed by atoms with Crippen LogP contribution in [0.15, 0.2) is 23.1 Å². The van der Waals surface area contributed by atoms with E-state index in [0.717, 1.165) is 24.1 Å².